The lowest BCUT2D eigenvalue weighted by molar-refractivity contribution is 0.558. The van der Waals surface area contributed by atoms with Crippen molar-refractivity contribution in [1.29, 1.82) is 0 Å². The van der Waals surface area contributed by atoms with Crippen molar-refractivity contribution < 1.29 is 0 Å². The van der Waals surface area contributed by atoms with Crippen molar-refractivity contribution in [3.8, 4) is 0 Å². The highest BCUT2D eigenvalue weighted by atomic mass is 35.5. The van der Waals surface area contributed by atoms with Gasteiger partial charge in [-0.15, -0.1) is 12.4 Å². The van der Waals surface area contributed by atoms with Crippen molar-refractivity contribution in [3.63, 3.8) is 0 Å². The number of thiocarbonyl (C=S) groups is 1. The third-order valence-corrected chi connectivity index (χ3v) is 3.75. The molecule has 2 rings (SSSR count). The highest BCUT2D eigenvalue weighted by molar-refractivity contribution is 7.79. The molecule has 0 saturated carbocycles. The van der Waals surface area contributed by atoms with Crippen LogP contribution in [0.5, 0.6) is 0 Å². The molecule has 2 aromatic carbocycles. The van der Waals surface area contributed by atoms with Crippen LogP contribution in [0, 0.1) is 0 Å². The predicted molar refractivity (Wildman–Crippen MR) is 97.6 cm³/mol. The number of halogens is 1. The van der Waals surface area contributed by atoms with Gasteiger partial charge in [-0.3, -0.25) is 0 Å². The van der Waals surface area contributed by atoms with E-state index < -0.39 is 0 Å². The molecule has 21 heavy (non-hydrogen) atoms. The SMILES string of the molecule is CC(NCCCc1ccccc1)c1cccc(C=S)c1.Cl. The molecule has 1 atom stereocenters. The second-order valence-corrected chi connectivity index (χ2v) is 5.29. The third-order valence-electron chi connectivity index (χ3n) is 3.48. The topological polar surface area (TPSA) is 12.0 Å². The summed E-state index contributed by atoms with van der Waals surface area (Å²) in [6.07, 6.45) is 2.28. The van der Waals surface area contributed by atoms with Gasteiger partial charge in [-0.05, 0) is 49.1 Å². The van der Waals surface area contributed by atoms with E-state index in [1.807, 2.05) is 6.07 Å². The first-order valence-corrected chi connectivity index (χ1v) is 7.59. The van der Waals surface area contributed by atoms with Gasteiger partial charge in [0.15, 0.2) is 0 Å². The van der Waals surface area contributed by atoms with Crippen LogP contribution < -0.4 is 5.32 Å². The van der Waals surface area contributed by atoms with Gasteiger partial charge in [-0.2, -0.15) is 0 Å². The Labute approximate surface area is 139 Å². The van der Waals surface area contributed by atoms with Gasteiger partial charge in [0, 0.05) is 11.4 Å². The van der Waals surface area contributed by atoms with Crippen molar-refractivity contribution in [2.75, 3.05) is 6.54 Å². The molecule has 112 valence electrons. The van der Waals surface area contributed by atoms with E-state index in [0.29, 0.717) is 6.04 Å². The fourth-order valence-electron chi connectivity index (χ4n) is 2.28. The fraction of sp³-hybridized carbons (Fsp3) is 0.278. The molecule has 0 aromatic heterocycles. The van der Waals surface area contributed by atoms with Crippen molar-refractivity contribution >= 4 is 30.0 Å². The zero-order valence-electron chi connectivity index (χ0n) is 12.3. The summed E-state index contributed by atoms with van der Waals surface area (Å²) < 4.78 is 0. The monoisotopic (exact) mass is 319 g/mol. The van der Waals surface area contributed by atoms with Gasteiger partial charge in [0.1, 0.15) is 0 Å². The van der Waals surface area contributed by atoms with E-state index in [9.17, 15) is 0 Å². The number of aryl methyl sites for hydroxylation is 1. The molecule has 0 heterocycles. The molecular formula is C18H22ClNS. The maximum atomic E-state index is 4.98. The van der Waals surface area contributed by atoms with Crippen LogP contribution in [0.2, 0.25) is 0 Å². The summed E-state index contributed by atoms with van der Waals surface area (Å²) in [5.41, 5.74) is 3.81. The Kier molecular flexibility index (Phi) is 8.21. The minimum Gasteiger partial charge on any atom is -0.310 e. The van der Waals surface area contributed by atoms with Crippen molar-refractivity contribution in [2.24, 2.45) is 0 Å². The van der Waals surface area contributed by atoms with Gasteiger partial charge >= 0.3 is 0 Å². The van der Waals surface area contributed by atoms with Gasteiger partial charge < -0.3 is 5.32 Å². The molecule has 0 aliphatic carbocycles. The zero-order chi connectivity index (χ0) is 14.2. The van der Waals surface area contributed by atoms with Crippen LogP contribution in [0.25, 0.3) is 0 Å². The fourth-order valence-corrected chi connectivity index (χ4v) is 2.42. The van der Waals surface area contributed by atoms with E-state index >= 15 is 0 Å². The lowest BCUT2D eigenvalue weighted by Crippen LogP contribution is -2.20. The normalized spacial score (nSPS) is 11.5. The number of rotatable bonds is 7. The first-order valence-electron chi connectivity index (χ1n) is 7.12. The molecule has 1 N–H and O–H groups in total. The predicted octanol–water partition coefficient (Wildman–Crippen LogP) is 4.74. The van der Waals surface area contributed by atoms with Gasteiger partial charge in [0.05, 0.1) is 0 Å². The van der Waals surface area contributed by atoms with Crippen LogP contribution in [-0.4, -0.2) is 11.9 Å². The molecular weight excluding hydrogens is 298 g/mol. The van der Waals surface area contributed by atoms with E-state index in [1.165, 1.54) is 11.1 Å². The van der Waals surface area contributed by atoms with Crippen LogP contribution >= 0.6 is 24.6 Å². The average molecular weight is 320 g/mol. The molecule has 0 fully saturated rings. The Morgan fingerprint density at radius 1 is 1.10 bits per heavy atom. The Bertz CT molecular complexity index is 542. The van der Waals surface area contributed by atoms with Crippen LogP contribution in [0.1, 0.15) is 36.1 Å². The molecule has 0 aliphatic rings. The van der Waals surface area contributed by atoms with Gasteiger partial charge in [0.25, 0.3) is 0 Å². The number of hydrogen-bond acceptors (Lipinski definition) is 2. The molecule has 0 bridgehead atoms. The molecule has 0 amide bonds. The van der Waals surface area contributed by atoms with Crippen LogP contribution in [0.15, 0.2) is 54.6 Å². The second-order valence-electron chi connectivity index (χ2n) is 5.05. The largest absolute Gasteiger partial charge is 0.310 e. The standard InChI is InChI=1S/C18H21NS.ClH/c1-15(18-11-5-9-17(13-18)14-20)19-12-6-10-16-7-3-2-4-8-16;/h2-5,7-9,11,13-15,19H,6,10,12H2,1H3;1H. The lowest BCUT2D eigenvalue weighted by atomic mass is 10.1. The second kappa shape index (κ2) is 9.67. The Balaban J connectivity index is 0.00000220. The first kappa shape index (κ1) is 17.8. The maximum Gasteiger partial charge on any atom is 0.0292 e. The van der Waals surface area contributed by atoms with Gasteiger partial charge in [-0.25, -0.2) is 0 Å². The van der Waals surface area contributed by atoms with Crippen LogP contribution in [-0.2, 0) is 6.42 Å². The Morgan fingerprint density at radius 2 is 1.86 bits per heavy atom. The molecule has 3 heteroatoms. The van der Waals surface area contributed by atoms with E-state index in [4.69, 9.17) is 12.2 Å². The Hall–Kier alpha value is -1.22. The number of benzene rings is 2. The summed E-state index contributed by atoms with van der Waals surface area (Å²) in [5.74, 6) is 0. The highest BCUT2D eigenvalue weighted by Gasteiger charge is 2.04. The van der Waals surface area contributed by atoms with Crippen molar-refractivity contribution in [3.05, 3.63) is 71.3 Å². The van der Waals surface area contributed by atoms with Crippen LogP contribution in [0.3, 0.4) is 0 Å². The number of hydrogen-bond donors (Lipinski definition) is 1. The Morgan fingerprint density at radius 3 is 2.57 bits per heavy atom. The average Bonchev–Trinajstić information content (AvgIpc) is 2.52. The molecule has 0 radical (unpaired) electrons. The lowest BCUT2D eigenvalue weighted by Gasteiger charge is -2.14. The van der Waals surface area contributed by atoms with Crippen molar-refractivity contribution in [1.82, 2.24) is 5.32 Å². The molecule has 0 aliphatic heterocycles. The smallest absolute Gasteiger partial charge is 0.0292 e. The summed E-state index contributed by atoms with van der Waals surface area (Å²) in [7, 11) is 0. The van der Waals surface area contributed by atoms with E-state index in [2.05, 4.69) is 60.8 Å². The third kappa shape index (κ3) is 5.96. The van der Waals surface area contributed by atoms with Crippen LogP contribution in [0.4, 0.5) is 0 Å². The molecule has 2 aromatic rings. The minimum absolute atomic E-state index is 0. The van der Waals surface area contributed by atoms with Gasteiger partial charge in [0.2, 0.25) is 0 Å². The van der Waals surface area contributed by atoms with E-state index in [0.717, 1.165) is 24.9 Å². The molecule has 1 unspecified atom stereocenters. The zero-order valence-corrected chi connectivity index (χ0v) is 13.9. The van der Waals surface area contributed by atoms with Gasteiger partial charge in [-0.1, -0.05) is 60.7 Å². The van der Waals surface area contributed by atoms with Crippen molar-refractivity contribution in [2.45, 2.75) is 25.8 Å². The minimum atomic E-state index is 0. The van der Waals surface area contributed by atoms with E-state index in [-0.39, 0.29) is 12.4 Å². The summed E-state index contributed by atoms with van der Waals surface area (Å²) in [5, 5.41) is 5.30. The number of nitrogens with one attached hydrogen (secondary N) is 1. The first-order chi connectivity index (χ1) is 9.79. The summed E-state index contributed by atoms with van der Waals surface area (Å²) in [6.45, 7) is 3.23. The molecule has 0 saturated heterocycles. The quantitative estimate of drug-likeness (QED) is 0.584. The summed E-state index contributed by atoms with van der Waals surface area (Å²) >= 11 is 4.98. The highest BCUT2D eigenvalue weighted by Crippen LogP contribution is 2.13. The maximum absolute atomic E-state index is 4.98. The molecule has 1 nitrogen and oxygen atoms in total. The molecule has 0 spiro atoms. The van der Waals surface area contributed by atoms with E-state index in [1.54, 1.807) is 5.37 Å². The summed E-state index contributed by atoms with van der Waals surface area (Å²) in [6, 6.07) is 19.4. The summed E-state index contributed by atoms with van der Waals surface area (Å²) in [4.78, 5) is 0.